The molecule has 0 bridgehead atoms. The number of rotatable bonds is 64. The van der Waals surface area contributed by atoms with Crippen LogP contribution < -0.4 is 0 Å². The van der Waals surface area contributed by atoms with E-state index in [4.69, 9.17) is 37.0 Å². The van der Waals surface area contributed by atoms with Gasteiger partial charge in [0.05, 0.1) is 26.4 Å². The zero-order valence-electron chi connectivity index (χ0n) is 54.2. The normalized spacial score (nSPS) is 14.3. The number of hydrogen-bond donors (Lipinski definition) is 3. The molecule has 2 unspecified atom stereocenters. The number of ether oxygens (including phenoxy) is 4. The standard InChI is InChI=1S/C65H126O17P2/c1-7-9-11-13-15-17-18-19-20-25-29-36-42-48-63(68)76-53-60(81-64(69)49-43-37-30-26-22-21-24-27-33-39-45-57(3)4)55-79-83(71,72)77-51-59(66)52-78-84(73,74)80-56-61(82-65(70)50-44-38-32-31-34-40-46-58(5)6)54-75-62(67)47-41-35-28-23-16-14-12-10-8-2/h57-61,66H,7-56H2,1-6H3,(H,71,72)(H,73,74)/t59-,60-,61-/m1/s1. The Morgan fingerprint density at radius 3 is 0.810 bits per heavy atom. The van der Waals surface area contributed by atoms with Crippen LogP contribution in [0, 0.1) is 11.8 Å². The van der Waals surface area contributed by atoms with Crippen LogP contribution in [0.4, 0.5) is 0 Å². The van der Waals surface area contributed by atoms with E-state index in [0.29, 0.717) is 31.6 Å². The molecular weight excluding hydrogens is 1110 g/mol. The first-order valence-corrected chi connectivity index (χ1v) is 37.0. The molecule has 0 aliphatic heterocycles. The van der Waals surface area contributed by atoms with Gasteiger partial charge in [-0.2, -0.15) is 0 Å². The Hall–Kier alpha value is -1.94. The van der Waals surface area contributed by atoms with E-state index in [-0.39, 0.29) is 25.7 Å². The number of aliphatic hydroxyl groups excluding tert-OH is 1. The van der Waals surface area contributed by atoms with E-state index in [2.05, 4.69) is 41.5 Å². The lowest BCUT2D eigenvalue weighted by Gasteiger charge is -2.21. The van der Waals surface area contributed by atoms with Crippen molar-refractivity contribution in [3.8, 4) is 0 Å². The summed E-state index contributed by atoms with van der Waals surface area (Å²) < 4.78 is 68.0. The third kappa shape index (κ3) is 59.0. The molecule has 0 saturated heterocycles. The number of unbranched alkanes of at least 4 members (excludes halogenated alkanes) is 34. The van der Waals surface area contributed by atoms with Crippen LogP contribution in [0.1, 0.15) is 324 Å². The lowest BCUT2D eigenvalue weighted by molar-refractivity contribution is -0.161. The molecule has 0 amide bonds. The SMILES string of the molecule is CCCCCCCCCCCCCCCC(=O)OC[C@H](COP(=O)(O)OC[C@@H](O)COP(=O)(O)OC[C@@H](COC(=O)CCCCCCCCCCC)OC(=O)CCCCCCCCC(C)C)OC(=O)CCCCCCCCCCCCC(C)C. The number of esters is 4. The number of carbonyl (C=O) groups excluding carboxylic acids is 4. The molecule has 5 atom stereocenters. The average Bonchev–Trinajstić information content (AvgIpc) is 3.62. The number of phosphoric acid groups is 2. The van der Waals surface area contributed by atoms with Gasteiger partial charge in [-0.3, -0.25) is 37.3 Å². The average molecular weight is 1240 g/mol. The molecule has 0 heterocycles. The van der Waals surface area contributed by atoms with Gasteiger partial charge in [0.15, 0.2) is 12.2 Å². The molecule has 0 spiro atoms. The minimum Gasteiger partial charge on any atom is -0.462 e. The molecular formula is C65H126O17P2. The van der Waals surface area contributed by atoms with E-state index in [9.17, 15) is 43.2 Å². The van der Waals surface area contributed by atoms with E-state index in [1.54, 1.807) is 0 Å². The summed E-state index contributed by atoms with van der Waals surface area (Å²) in [6.45, 7) is 9.39. The van der Waals surface area contributed by atoms with E-state index in [1.807, 2.05) is 0 Å². The van der Waals surface area contributed by atoms with Crippen molar-refractivity contribution in [2.75, 3.05) is 39.6 Å². The van der Waals surface area contributed by atoms with E-state index < -0.39 is 97.5 Å². The molecule has 0 saturated carbocycles. The first-order valence-electron chi connectivity index (χ1n) is 34.0. The monoisotopic (exact) mass is 1240 g/mol. The number of hydrogen-bond acceptors (Lipinski definition) is 15. The van der Waals surface area contributed by atoms with Gasteiger partial charge >= 0.3 is 39.5 Å². The Bertz CT molecular complexity index is 1650. The summed E-state index contributed by atoms with van der Waals surface area (Å²) in [5.74, 6) is -0.714. The van der Waals surface area contributed by atoms with Crippen LogP contribution in [-0.2, 0) is 65.4 Å². The molecule has 0 aliphatic rings. The van der Waals surface area contributed by atoms with Gasteiger partial charge in [0, 0.05) is 25.7 Å². The van der Waals surface area contributed by atoms with Crippen LogP contribution in [0.25, 0.3) is 0 Å². The quantitative estimate of drug-likeness (QED) is 0.0222. The van der Waals surface area contributed by atoms with Gasteiger partial charge in [0.1, 0.15) is 19.3 Å². The molecule has 0 rings (SSSR count). The highest BCUT2D eigenvalue weighted by atomic mass is 31.2. The Morgan fingerprint density at radius 1 is 0.321 bits per heavy atom. The molecule has 3 N–H and O–H groups in total. The second kappa shape index (κ2) is 57.5. The van der Waals surface area contributed by atoms with E-state index >= 15 is 0 Å². The molecule has 0 aromatic heterocycles. The first-order chi connectivity index (χ1) is 40.4. The second-order valence-electron chi connectivity index (χ2n) is 24.5. The predicted octanol–water partition coefficient (Wildman–Crippen LogP) is 18.0. The Labute approximate surface area is 511 Å². The van der Waals surface area contributed by atoms with Crippen LogP contribution in [-0.4, -0.2) is 96.7 Å². The van der Waals surface area contributed by atoms with Gasteiger partial charge in [-0.15, -0.1) is 0 Å². The Kier molecular flexibility index (Phi) is 56.2. The molecule has 0 radical (unpaired) electrons. The van der Waals surface area contributed by atoms with Crippen LogP contribution in [0.15, 0.2) is 0 Å². The van der Waals surface area contributed by atoms with Crippen LogP contribution in [0.2, 0.25) is 0 Å². The van der Waals surface area contributed by atoms with Crippen LogP contribution >= 0.6 is 15.6 Å². The van der Waals surface area contributed by atoms with Gasteiger partial charge in [-0.1, -0.05) is 273 Å². The molecule has 0 aliphatic carbocycles. The third-order valence-corrected chi connectivity index (χ3v) is 16.9. The predicted molar refractivity (Wildman–Crippen MR) is 335 cm³/mol. The summed E-state index contributed by atoms with van der Waals surface area (Å²) in [4.78, 5) is 72.2. The fourth-order valence-electron chi connectivity index (χ4n) is 9.71. The zero-order chi connectivity index (χ0) is 62.2. The fraction of sp³-hybridized carbons (Fsp3) is 0.938. The molecule has 19 heteroatoms. The van der Waals surface area contributed by atoms with Crippen molar-refractivity contribution in [2.45, 2.75) is 342 Å². The molecule has 0 fully saturated rings. The Morgan fingerprint density at radius 2 is 0.548 bits per heavy atom. The number of aliphatic hydroxyl groups is 1. The molecule has 84 heavy (non-hydrogen) atoms. The van der Waals surface area contributed by atoms with Crippen LogP contribution in [0.3, 0.4) is 0 Å². The highest BCUT2D eigenvalue weighted by molar-refractivity contribution is 7.47. The maximum atomic E-state index is 13.0. The molecule has 0 aromatic rings. The third-order valence-electron chi connectivity index (χ3n) is 15.0. The largest absolute Gasteiger partial charge is 0.472 e. The minimum atomic E-state index is -4.95. The molecule has 17 nitrogen and oxygen atoms in total. The zero-order valence-corrected chi connectivity index (χ0v) is 56.0. The summed E-state index contributed by atoms with van der Waals surface area (Å²) in [6, 6.07) is 0. The maximum absolute atomic E-state index is 13.0. The van der Waals surface area contributed by atoms with Gasteiger partial charge in [0.25, 0.3) is 0 Å². The summed E-state index contributed by atoms with van der Waals surface area (Å²) in [5, 5.41) is 10.5. The van der Waals surface area contributed by atoms with E-state index in [1.165, 1.54) is 141 Å². The highest BCUT2D eigenvalue weighted by Gasteiger charge is 2.30. The minimum absolute atomic E-state index is 0.102. The number of carbonyl (C=O) groups is 4. The van der Waals surface area contributed by atoms with Crippen molar-refractivity contribution in [2.24, 2.45) is 11.8 Å². The van der Waals surface area contributed by atoms with Gasteiger partial charge in [-0.05, 0) is 37.5 Å². The molecule has 498 valence electrons. The van der Waals surface area contributed by atoms with Gasteiger partial charge < -0.3 is 33.8 Å². The molecule has 0 aromatic carbocycles. The van der Waals surface area contributed by atoms with Crippen molar-refractivity contribution in [3.05, 3.63) is 0 Å². The summed E-state index contributed by atoms with van der Waals surface area (Å²) in [5.41, 5.74) is 0. The fourth-order valence-corrected chi connectivity index (χ4v) is 11.3. The van der Waals surface area contributed by atoms with Crippen molar-refractivity contribution in [1.82, 2.24) is 0 Å². The lowest BCUT2D eigenvalue weighted by Crippen LogP contribution is -2.30. The van der Waals surface area contributed by atoms with Crippen molar-refractivity contribution in [3.63, 3.8) is 0 Å². The summed E-state index contributed by atoms with van der Waals surface area (Å²) in [7, 11) is -9.89. The van der Waals surface area contributed by atoms with Crippen LogP contribution in [0.5, 0.6) is 0 Å². The first kappa shape index (κ1) is 82.1. The smallest absolute Gasteiger partial charge is 0.462 e. The van der Waals surface area contributed by atoms with E-state index in [0.717, 1.165) is 95.8 Å². The number of phosphoric ester groups is 2. The van der Waals surface area contributed by atoms with Crippen molar-refractivity contribution in [1.29, 1.82) is 0 Å². The highest BCUT2D eigenvalue weighted by Crippen LogP contribution is 2.45. The topological polar surface area (TPSA) is 237 Å². The lowest BCUT2D eigenvalue weighted by atomic mass is 10.0. The van der Waals surface area contributed by atoms with Gasteiger partial charge in [-0.25, -0.2) is 9.13 Å². The summed E-state index contributed by atoms with van der Waals surface area (Å²) in [6.07, 6.45) is 40.4. The summed E-state index contributed by atoms with van der Waals surface area (Å²) >= 11 is 0. The van der Waals surface area contributed by atoms with Gasteiger partial charge in [0.2, 0.25) is 0 Å². The second-order valence-corrected chi connectivity index (χ2v) is 27.4. The Balaban J connectivity index is 5.23. The van der Waals surface area contributed by atoms with Crippen molar-refractivity contribution < 1.29 is 80.2 Å². The maximum Gasteiger partial charge on any atom is 0.472 e. The van der Waals surface area contributed by atoms with Crippen molar-refractivity contribution >= 4 is 39.5 Å².